The van der Waals surface area contributed by atoms with Crippen LogP contribution in [0, 0.1) is 5.92 Å². The van der Waals surface area contributed by atoms with E-state index in [4.69, 9.17) is 16.6 Å². The van der Waals surface area contributed by atoms with Gasteiger partial charge in [-0.15, -0.1) is 0 Å². The van der Waals surface area contributed by atoms with E-state index in [2.05, 4.69) is 26.7 Å². The van der Waals surface area contributed by atoms with E-state index in [1.807, 2.05) is 43.4 Å². The molecule has 41 heavy (non-hydrogen) atoms. The Labute approximate surface area is 245 Å². The summed E-state index contributed by atoms with van der Waals surface area (Å²) in [6.07, 6.45) is 11.5. The van der Waals surface area contributed by atoms with Gasteiger partial charge in [-0.3, -0.25) is 9.59 Å². The molecule has 2 amide bonds. The summed E-state index contributed by atoms with van der Waals surface area (Å²) in [6.45, 7) is 0.691. The molecule has 0 radical (unpaired) electrons. The zero-order valence-corrected chi connectivity index (χ0v) is 24.1. The van der Waals surface area contributed by atoms with Gasteiger partial charge in [-0.05, 0) is 76.0 Å². The Morgan fingerprint density at radius 2 is 1.83 bits per heavy atom. The van der Waals surface area contributed by atoms with Gasteiger partial charge in [0.15, 0.2) is 0 Å². The van der Waals surface area contributed by atoms with E-state index in [0.29, 0.717) is 28.7 Å². The molecule has 3 N–H and O–H groups in total. The Balaban J connectivity index is 1.11. The number of aromatic amines is 1. The van der Waals surface area contributed by atoms with Crippen molar-refractivity contribution < 1.29 is 9.59 Å². The molecule has 2 heterocycles. The second-order valence-corrected chi connectivity index (χ2v) is 11.3. The number of hydrogen-bond acceptors (Lipinski definition) is 5. The van der Waals surface area contributed by atoms with Crippen molar-refractivity contribution in [3.8, 4) is 11.3 Å². The van der Waals surface area contributed by atoms with E-state index in [1.54, 1.807) is 36.5 Å². The van der Waals surface area contributed by atoms with Crippen LogP contribution in [-0.2, 0) is 11.2 Å². The van der Waals surface area contributed by atoms with Crippen LogP contribution < -0.4 is 10.6 Å². The molecule has 2 aromatic heterocycles. The van der Waals surface area contributed by atoms with E-state index in [9.17, 15) is 9.59 Å². The maximum atomic E-state index is 12.8. The van der Waals surface area contributed by atoms with Crippen molar-refractivity contribution in [2.24, 2.45) is 5.92 Å². The van der Waals surface area contributed by atoms with Crippen LogP contribution in [-0.4, -0.2) is 58.3 Å². The molecule has 0 unspecified atom stereocenters. The number of anilines is 1. The molecular formula is C32H35ClN6O2. The smallest absolute Gasteiger partial charge is 0.251 e. The van der Waals surface area contributed by atoms with Gasteiger partial charge >= 0.3 is 0 Å². The summed E-state index contributed by atoms with van der Waals surface area (Å²) in [7, 11) is 3.88. The molecular weight excluding hydrogens is 536 g/mol. The number of aromatic nitrogens is 3. The van der Waals surface area contributed by atoms with Crippen molar-refractivity contribution in [1.29, 1.82) is 0 Å². The molecule has 0 bridgehead atoms. The highest BCUT2D eigenvalue weighted by molar-refractivity contribution is 6.33. The first-order valence-corrected chi connectivity index (χ1v) is 14.3. The lowest BCUT2D eigenvalue weighted by Gasteiger charge is -2.29. The van der Waals surface area contributed by atoms with Crippen LogP contribution in [0.5, 0.6) is 0 Å². The maximum absolute atomic E-state index is 12.8. The second kappa shape index (κ2) is 13.1. The standard InChI is InChI=1S/C32H35ClN6O2/c1-39(2)17-5-8-30(40)36-23-15-11-22(12-16-23)32(41)37-24-13-9-21(10-14-24)18-29-35-20-27(33)31(38-29)26-19-34-28-7-4-3-6-25(26)28/h3-8,11-12,15-16,19-21,24,34H,9-10,13-14,17-18H2,1-2H3,(H,36,40)(H,37,41)/b8-5+. The molecule has 1 aliphatic rings. The molecule has 4 aromatic rings. The molecule has 9 heteroatoms. The van der Waals surface area contributed by atoms with Crippen LogP contribution in [0.15, 0.2) is 73.1 Å². The van der Waals surface area contributed by atoms with Gasteiger partial charge in [-0.2, -0.15) is 0 Å². The number of rotatable bonds is 9. The molecule has 0 spiro atoms. The number of fused-ring (bicyclic) bond motifs is 1. The second-order valence-electron chi connectivity index (χ2n) is 10.9. The fraction of sp³-hybridized carbons (Fsp3) is 0.312. The molecule has 2 aromatic carbocycles. The minimum Gasteiger partial charge on any atom is -0.360 e. The largest absolute Gasteiger partial charge is 0.360 e. The zero-order valence-electron chi connectivity index (χ0n) is 23.4. The number of hydrogen-bond donors (Lipinski definition) is 3. The third-order valence-corrected chi connectivity index (χ3v) is 7.72. The number of carbonyl (C=O) groups is 2. The van der Waals surface area contributed by atoms with Crippen LogP contribution in [0.2, 0.25) is 5.02 Å². The lowest BCUT2D eigenvalue weighted by molar-refractivity contribution is -0.111. The number of H-pyrrole nitrogens is 1. The molecule has 0 saturated heterocycles. The quantitative estimate of drug-likeness (QED) is 0.219. The predicted octanol–water partition coefficient (Wildman–Crippen LogP) is 5.87. The zero-order chi connectivity index (χ0) is 28.8. The molecule has 1 fully saturated rings. The van der Waals surface area contributed by atoms with Gasteiger partial charge < -0.3 is 20.5 Å². The van der Waals surface area contributed by atoms with Gasteiger partial charge in [0.1, 0.15) is 5.82 Å². The van der Waals surface area contributed by atoms with Gasteiger partial charge in [0.05, 0.1) is 10.7 Å². The van der Waals surface area contributed by atoms with Gasteiger partial charge in [-0.1, -0.05) is 35.9 Å². The number of benzene rings is 2. The Hall–Kier alpha value is -4.01. The fourth-order valence-electron chi connectivity index (χ4n) is 5.26. The first kappa shape index (κ1) is 28.5. The highest BCUT2D eigenvalue weighted by Crippen LogP contribution is 2.33. The topological polar surface area (TPSA) is 103 Å². The Bertz CT molecular complexity index is 1540. The monoisotopic (exact) mass is 570 g/mol. The maximum Gasteiger partial charge on any atom is 0.251 e. The molecule has 212 valence electrons. The van der Waals surface area contributed by atoms with E-state index >= 15 is 0 Å². The third-order valence-electron chi connectivity index (χ3n) is 7.45. The van der Waals surface area contributed by atoms with E-state index in [0.717, 1.165) is 60.1 Å². The number of halogens is 1. The summed E-state index contributed by atoms with van der Waals surface area (Å²) in [5.74, 6) is 0.956. The van der Waals surface area contributed by atoms with Crippen LogP contribution in [0.1, 0.15) is 41.9 Å². The average molecular weight is 571 g/mol. The van der Waals surface area contributed by atoms with Gasteiger partial charge in [0.25, 0.3) is 5.91 Å². The first-order valence-electron chi connectivity index (χ1n) is 14.0. The Morgan fingerprint density at radius 1 is 1.07 bits per heavy atom. The predicted molar refractivity (Wildman–Crippen MR) is 164 cm³/mol. The summed E-state index contributed by atoms with van der Waals surface area (Å²) in [5, 5.41) is 7.62. The van der Waals surface area contributed by atoms with Crippen LogP contribution >= 0.6 is 11.6 Å². The van der Waals surface area contributed by atoms with Crippen molar-refractivity contribution >= 4 is 40.0 Å². The molecule has 1 aliphatic carbocycles. The first-order chi connectivity index (χ1) is 19.9. The van der Waals surface area contributed by atoms with E-state index in [-0.39, 0.29) is 17.9 Å². The summed E-state index contributed by atoms with van der Waals surface area (Å²) >= 11 is 6.51. The van der Waals surface area contributed by atoms with Crippen LogP contribution in [0.4, 0.5) is 5.69 Å². The summed E-state index contributed by atoms with van der Waals surface area (Å²) in [6, 6.07) is 15.2. The normalized spacial score (nSPS) is 17.3. The van der Waals surface area contributed by atoms with Crippen molar-refractivity contribution in [1.82, 2.24) is 25.2 Å². The van der Waals surface area contributed by atoms with Crippen LogP contribution in [0.3, 0.4) is 0 Å². The molecule has 8 nitrogen and oxygen atoms in total. The van der Waals surface area contributed by atoms with Crippen molar-refractivity contribution in [3.05, 3.63) is 89.5 Å². The lowest BCUT2D eigenvalue weighted by atomic mass is 9.84. The minimum atomic E-state index is -0.195. The van der Waals surface area contributed by atoms with E-state index in [1.165, 1.54) is 6.08 Å². The van der Waals surface area contributed by atoms with Gasteiger partial charge in [0, 0.05) is 65.2 Å². The number of likely N-dealkylation sites (N-methyl/N-ethyl adjacent to an activating group) is 1. The number of amides is 2. The summed E-state index contributed by atoms with van der Waals surface area (Å²) in [4.78, 5) is 39.5. The third kappa shape index (κ3) is 7.39. The SMILES string of the molecule is CN(C)C/C=C/C(=O)Nc1ccc(C(=O)NC2CCC(Cc3ncc(Cl)c(-c4c[nH]c5ccccc45)n3)CC2)cc1. The highest BCUT2D eigenvalue weighted by atomic mass is 35.5. The summed E-state index contributed by atoms with van der Waals surface area (Å²) in [5.41, 5.74) is 4.01. The number of nitrogens with zero attached hydrogens (tertiary/aromatic N) is 3. The average Bonchev–Trinajstić information content (AvgIpc) is 3.39. The highest BCUT2D eigenvalue weighted by Gasteiger charge is 2.24. The number of carbonyl (C=O) groups excluding carboxylic acids is 2. The molecule has 0 atom stereocenters. The Kier molecular flexibility index (Phi) is 9.11. The van der Waals surface area contributed by atoms with Gasteiger partial charge in [0.2, 0.25) is 5.91 Å². The van der Waals surface area contributed by atoms with Crippen molar-refractivity contribution in [2.45, 2.75) is 38.1 Å². The van der Waals surface area contributed by atoms with Crippen LogP contribution in [0.25, 0.3) is 22.2 Å². The Morgan fingerprint density at radius 3 is 2.59 bits per heavy atom. The lowest BCUT2D eigenvalue weighted by Crippen LogP contribution is -2.38. The molecule has 1 saturated carbocycles. The van der Waals surface area contributed by atoms with Crippen molar-refractivity contribution in [2.75, 3.05) is 26.0 Å². The minimum absolute atomic E-state index is 0.0957. The van der Waals surface area contributed by atoms with Crippen molar-refractivity contribution in [3.63, 3.8) is 0 Å². The fourth-order valence-corrected chi connectivity index (χ4v) is 5.45. The number of para-hydroxylation sites is 1. The van der Waals surface area contributed by atoms with E-state index < -0.39 is 0 Å². The molecule has 0 aliphatic heterocycles. The molecule has 5 rings (SSSR count). The number of nitrogens with one attached hydrogen (secondary N) is 3. The summed E-state index contributed by atoms with van der Waals surface area (Å²) < 4.78 is 0. The van der Waals surface area contributed by atoms with Gasteiger partial charge in [-0.25, -0.2) is 9.97 Å².